The topological polar surface area (TPSA) is 63.7 Å². The summed E-state index contributed by atoms with van der Waals surface area (Å²) in [7, 11) is -3.31. The summed E-state index contributed by atoms with van der Waals surface area (Å²) in [6.45, 7) is 2.03. The predicted octanol–water partition coefficient (Wildman–Crippen LogP) is 0.362. The van der Waals surface area contributed by atoms with Crippen LogP contribution in [0.15, 0.2) is 0 Å². The number of esters is 1. The van der Waals surface area contributed by atoms with Crippen LogP contribution < -0.4 is 0 Å². The normalized spacial score (nSPS) is 34.2. The number of nitrogens with zero attached hydrogens (tertiary/aromatic N) is 1. The Hall–Kier alpha value is -0.620. The van der Waals surface area contributed by atoms with Gasteiger partial charge in [-0.1, -0.05) is 0 Å². The zero-order valence-electron chi connectivity index (χ0n) is 9.55. The highest BCUT2D eigenvalue weighted by atomic mass is 32.2. The molecule has 1 saturated heterocycles. The molecular formula is C10H17NO4S. The maximum absolute atomic E-state index is 11.8. The van der Waals surface area contributed by atoms with Crippen molar-refractivity contribution >= 4 is 16.0 Å². The van der Waals surface area contributed by atoms with Crippen LogP contribution in [0.4, 0.5) is 0 Å². The van der Waals surface area contributed by atoms with E-state index in [4.69, 9.17) is 4.74 Å². The molecular weight excluding hydrogens is 230 g/mol. The Bertz CT molecular complexity index is 392. The third kappa shape index (κ3) is 1.84. The number of fused-ring (bicyclic) bond motifs is 2. The lowest BCUT2D eigenvalue weighted by Crippen LogP contribution is -2.49. The van der Waals surface area contributed by atoms with E-state index in [-0.39, 0.29) is 17.9 Å². The first-order chi connectivity index (χ1) is 7.45. The Morgan fingerprint density at radius 1 is 1.44 bits per heavy atom. The molecule has 92 valence electrons. The molecule has 0 radical (unpaired) electrons. The SMILES string of the molecule is CCOC(=O)[C@H]1[C@@H]2CC[C@@H](C2)N1S(C)(=O)=O. The molecule has 2 bridgehead atoms. The second kappa shape index (κ2) is 4.00. The molecule has 1 saturated carbocycles. The standard InChI is InChI=1S/C10H17NO4S/c1-3-15-10(12)9-7-4-5-8(6-7)11(9)16(2,13)14/h7-9H,3-6H2,1-2H3/t7-,8+,9-/m1/s1. The van der Waals surface area contributed by atoms with Crippen LogP contribution >= 0.6 is 0 Å². The summed E-state index contributed by atoms with van der Waals surface area (Å²) in [6.07, 6.45) is 3.77. The Kier molecular flexibility index (Phi) is 2.96. The van der Waals surface area contributed by atoms with Gasteiger partial charge in [-0.25, -0.2) is 8.42 Å². The maximum Gasteiger partial charge on any atom is 0.324 e. The van der Waals surface area contributed by atoms with E-state index in [2.05, 4.69) is 0 Å². The van der Waals surface area contributed by atoms with Crippen molar-refractivity contribution in [2.24, 2.45) is 5.92 Å². The lowest BCUT2D eigenvalue weighted by molar-refractivity contribution is -0.149. The van der Waals surface area contributed by atoms with Gasteiger partial charge < -0.3 is 4.74 Å². The lowest BCUT2D eigenvalue weighted by Gasteiger charge is -2.31. The Morgan fingerprint density at radius 2 is 2.12 bits per heavy atom. The number of ether oxygens (including phenoxy) is 1. The van der Waals surface area contributed by atoms with E-state index in [9.17, 15) is 13.2 Å². The first-order valence-electron chi connectivity index (χ1n) is 5.60. The van der Waals surface area contributed by atoms with E-state index in [1.165, 1.54) is 10.6 Å². The first-order valence-corrected chi connectivity index (χ1v) is 7.45. The molecule has 6 heteroatoms. The Balaban J connectivity index is 2.25. The number of carbonyl (C=O) groups excluding carboxylic acids is 1. The molecule has 0 amide bonds. The van der Waals surface area contributed by atoms with Gasteiger partial charge in [0.25, 0.3) is 0 Å². The molecule has 1 heterocycles. The van der Waals surface area contributed by atoms with Gasteiger partial charge in [0, 0.05) is 6.04 Å². The zero-order chi connectivity index (χ0) is 11.9. The molecule has 1 aliphatic heterocycles. The minimum absolute atomic E-state index is 0.00871. The van der Waals surface area contributed by atoms with Crippen LogP contribution in [-0.4, -0.2) is 43.6 Å². The van der Waals surface area contributed by atoms with Crippen molar-refractivity contribution in [1.29, 1.82) is 0 Å². The van der Waals surface area contributed by atoms with Crippen molar-refractivity contribution in [2.75, 3.05) is 12.9 Å². The molecule has 0 unspecified atom stereocenters. The maximum atomic E-state index is 11.8. The van der Waals surface area contributed by atoms with Gasteiger partial charge in [-0.15, -0.1) is 0 Å². The number of rotatable bonds is 3. The fraction of sp³-hybridized carbons (Fsp3) is 0.900. The monoisotopic (exact) mass is 247 g/mol. The van der Waals surface area contributed by atoms with Crippen molar-refractivity contribution in [3.63, 3.8) is 0 Å². The minimum Gasteiger partial charge on any atom is -0.465 e. The van der Waals surface area contributed by atoms with Crippen molar-refractivity contribution in [2.45, 2.75) is 38.3 Å². The van der Waals surface area contributed by atoms with Crippen LogP contribution in [0.2, 0.25) is 0 Å². The highest BCUT2D eigenvalue weighted by Crippen LogP contribution is 2.44. The smallest absolute Gasteiger partial charge is 0.324 e. The molecule has 0 spiro atoms. The van der Waals surface area contributed by atoms with Crippen LogP contribution in [0.25, 0.3) is 0 Å². The second-order valence-corrected chi connectivity index (χ2v) is 6.40. The van der Waals surface area contributed by atoms with Gasteiger partial charge in [0.05, 0.1) is 12.9 Å². The van der Waals surface area contributed by atoms with Crippen LogP contribution in [0.1, 0.15) is 26.2 Å². The molecule has 3 atom stereocenters. The molecule has 0 N–H and O–H groups in total. The van der Waals surface area contributed by atoms with Crippen molar-refractivity contribution in [1.82, 2.24) is 4.31 Å². The number of hydrogen-bond donors (Lipinski definition) is 0. The second-order valence-electron chi connectivity index (χ2n) is 4.52. The van der Waals surface area contributed by atoms with Crippen molar-refractivity contribution in [3.05, 3.63) is 0 Å². The molecule has 2 aliphatic rings. The Morgan fingerprint density at radius 3 is 2.69 bits per heavy atom. The van der Waals surface area contributed by atoms with Gasteiger partial charge in [0.1, 0.15) is 6.04 Å². The van der Waals surface area contributed by atoms with E-state index in [1.807, 2.05) is 0 Å². The number of carbonyl (C=O) groups is 1. The van der Waals surface area contributed by atoms with Crippen molar-refractivity contribution in [3.8, 4) is 0 Å². The molecule has 2 fully saturated rings. The van der Waals surface area contributed by atoms with E-state index in [0.29, 0.717) is 6.61 Å². The van der Waals surface area contributed by atoms with E-state index in [1.54, 1.807) is 6.92 Å². The highest BCUT2D eigenvalue weighted by Gasteiger charge is 2.53. The van der Waals surface area contributed by atoms with E-state index in [0.717, 1.165) is 19.3 Å². The largest absolute Gasteiger partial charge is 0.465 e. The van der Waals surface area contributed by atoms with Gasteiger partial charge >= 0.3 is 5.97 Å². The van der Waals surface area contributed by atoms with Gasteiger partial charge in [-0.3, -0.25) is 4.79 Å². The van der Waals surface area contributed by atoms with E-state index >= 15 is 0 Å². The van der Waals surface area contributed by atoms with Gasteiger partial charge in [-0.2, -0.15) is 4.31 Å². The van der Waals surface area contributed by atoms with Gasteiger partial charge in [0.15, 0.2) is 0 Å². The third-order valence-electron chi connectivity index (χ3n) is 3.44. The number of sulfonamides is 1. The predicted molar refractivity (Wildman–Crippen MR) is 58.2 cm³/mol. The van der Waals surface area contributed by atoms with Gasteiger partial charge in [-0.05, 0) is 32.1 Å². The quantitative estimate of drug-likeness (QED) is 0.676. The molecule has 5 nitrogen and oxygen atoms in total. The highest BCUT2D eigenvalue weighted by molar-refractivity contribution is 7.88. The lowest BCUT2D eigenvalue weighted by atomic mass is 10.0. The molecule has 0 aromatic heterocycles. The Labute approximate surface area is 95.8 Å². The number of hydrogen-bond acceptors (Lipinski definition) is 4. The molecule has 16 heavy (non-hydrogen) atoms. The third-order valence-corrected chi connectivity index (χ3v) is 4.73. The van der Waals surface area contributed by atoms with Crippen LogP contribution in [0.5, 0.6) is 0 Å². The summed E-state index contributed by atoms with van der Waals surface area (Å²) in [5.41, 5.74) is 0. The average molecular weight is 247 g/mol. The average Bonchev–Trinajstić information content (AvgIpc) is 2.74. The summed E-state index contributed by atoms with van der Waals surface area (Å²) in [4.78, 5) is 11.8. The molecule has 1 aliphatic carbocycles. The zero-order valence-corrected chi connectivity index (χ0v) is 10.4. The van der Waals surface area contributed by atoms with Crippen LogP contribution in [0, 0.1) is 5.92 Å². The fourth-order valence-corrected chi connectivity index (χ4v) is 4.35. The molecule has 0 aromatic carbocycles. The minimum atomic E-state index is -3.31. The van der Waals surface area contributed by atoms with Crippen LogP contribution in [0.3, 0.4) is 0 Å². The summed E-state index contributed by atoms with van der Waals surface area (Å²) in [5, 5.41) is 0. The summed E-state index contributed by atoms with van der Waals surface area (Å²) >= 11 is 0. The molecule has 2 rings (SSSR count). The first kappa shape index (κ1) is 11.9. The summed E-state index contributed by atoms with van der Waals surface area (Å²) < 4.78 is 29.6. The van der Waals surface area contributed by atoms with Crippen molar-refractivity contribution < 1.29 is 17.9 Å². The summed E-state index contributed by atoms with van der Waals surface area (Å²) in [6, 6.07) is -0.567. The molecule has 0 aromatic rings. The van der Waals surface area contributed by atoms with Crippen LogP contribution in [-0.2, 0) is 19.6 Å². The number of piperidine rings is 1. The van der Waals surface area contributed by atoms with E-state index < -0.39 is 16.1 Å². The summed E-state index contributed by atoms with van der Waals surface area (Å²) in [5.74, 6) is -0.237. The van der Waals surface area contributed by atoms with Gasteiger partial charge in [0.2, 0.25) is 10.0 Å². The fourth-order valence-electron chi connectivity index (χ4n) is 2.95.